The van der Waals surface area contributed by atoms with Crippen LogP contribution in [-0.4, -0.2) is 47.2 Å². The van der Waals surface area contributed by atoms with E-state index in [1.807, 2.05) is 18.2 Å². The molecule has 1 aliphatic heterocycles. The van der Waals surface area contributed by atoms with Crippen molar-refractivity contribution < 1.29 is 19.4 Å². The number of ether oxygens (including phenoxy) is 1. The Bertz CT molecular complexity index is 834. The number of likely N-dealkylation sites (tertiary alicyclic amines) is 1. The van der Waals surface area contributed by atoms with Gasteiger partial charge in [0.1, 0.15) is 0 Å². The molecule has 154 valence electrons. The van der Waals surface area contributed by atoms with Gasteiger partial charge in [0, 0.05) is 35.4 Å². The number of carboxylic acid groups (broad SMARTS) is 1. The summed E-state index contributed by atoms with van der Waals surface area (Å²) in [6, 6.07) is 10.7. The molecule has 2 aromatic rings. The van der Waals surface area contributed by atoms with Gasteiger partial charge in [-0.3, -0.25) is 4.79 Å². The number of rotatable bonds is 6. The van der Waals surface area contributed by atoms with E-state index in [4.69, 9.17) is 9.84 Å². The minimum atomic E-state index is -0.872. The second-order valence-electron chi connectivity index (χ2n) is 7.12. The number of nitrogens with zero attached hydrogens (tertiary/aromatic N) is 2. The van der Waals surface area contributed by atoms with Crippen LogP contribution in [0.15, 0.2) is 47.1 Å². The lowest BCUT2D eigenvalue weighted by Gasteiger charge is -2.32. The molecule has 0 bridgehead atoms. The standard InChI is InChI=1S/C21H24BrN3O4/c1-29-19-7-4-16(13-23-19)18(12-14-8-10-25(11-9-14)21(27)28)24-20(26)15-2-5-17(22)6-3-15/h2-7,13-14,18H,8-12H2,1H3,(H,24,26)(H,27,28)/t18-/m0/s1. The number of carbonyl (C=O) groups is 2. The zero-order valence-corrected chi connectivity index (χ0v) is 17.8. The summed E-state index contributed by atoms with van der Waals surface area (Å²) in [4.78, 5) is 29.6. The second-order valence-corrected chi connectivity index (χ2v) is 8.03. The average molecular weight is 462 g/mol. The van der Waals surface area contributed by atoms with Crippen LogP contribution < -0.4 is 10.1 Å². The highest BCUT2D eigenvalue weighted by atomic mass is 79.9. The number of carbonyl (C=O) groups excluding carboxylic acids is 1. The van der Waals surface area contributed by atoms with Crippen LogP contribution in [0, 0.1) is 5.92 Å². The van der Waals surface area contributed by atoms with Crippen LogP contribution in [0.25, 0.3) is 0 Å². The molecule has 3 rings (SSSR count). The van der Waals surface area contributed by atoms with Crippen LogP contribution in [-0.2, 0) is 0 Å². The molecular weight excluding hydrogens is 438 g/mol. The third-order valence-electron chi connectivity index (χ3n) is 5.24. The summed E-state index contributed by atoms with van der Waals surface area (Å²) >= 11 is 3.38. The Balaban J connectivity index is 1.73. The first-order valence-electron chi connectivity index (χ1n) is 9.50. The fraction of sp³-hybridized carbons (Fsp3) is 0.381. The molecular formula is C21H24BrN3O4. The van der Waals surface area contributed by atoms with E-state index >= 15 is 0 Å². The molecule has 0 spiro atoms. The second kappa shape index (κ2) is 9.73. The van der Waals surface area contributed by atoms with Gasteiger partial charge in [0.2, 0.25) is 5.88 Å². The number of hydrogen-bond donors (Lipinski definition) is 2. The Hall–Kier alpha value is -2.61. The minimum Gasteiger partial charge on any atom is -0.481 e. The highest BCUT2D eigenvalue weighted by Crippen LogP contribution is 2.29. The quantitative estimate of drug-likeness (QED) is 0.675. The summed E-state index contributed by atoms with van der Waals surface area (Å²) in [6.07, 6.45) is 3.13. The molecule has 0 saturated carbocycles. The largest absolute Gasteiger partial charge is 0.481 e. The lowest BCUT2D eigenvalue weighted by molar-refractivity contribution is 0.0922. The van der Waals surface area contributed by atoms with Crippen LogP contribution in [0.2, 0.25) is 0 Å². The van der Waals surface area contributed by atoms with Gasteiger partial charge in [0.05, 0.1) is 13.2 Å². The van der Waals surface area contributed by atoms with Crippen molar-refractivity contribution in [3.05, 3.63) is 58.2 Å². The molecule has 1 aromatic carbocycles. The van der Waals surface area contributed by atoms with E-state index in [9.17, 15) is 9.59 Å². The van der Waals surface area contributed by atoms with Gasteiger partial charge in [0.15, 0.2) is 0 Å². The maximum absolute atomic E-state index is 12.8. The predicted molar refractivity (Wildman–Crippen MR) is 112 cm³/mol. The molecule has 1 aromatic heterocycles. The molecule has 29 heavy (non-hydrogen) atoms. The highest BCUT2D eigenvalue weighted by molar-refractivity contribution is 9.10. The van der Waals surface area contributed by atoms with E-state index in [2.05, 4.69) is 26.2 Å². The molecule has 1 aliphatic rings. The van der Waals surface area contributed by atoms with Gasteiger partial charge in [-0.15, -0.1) is 0 Å². The number of benzene rings is 1. The van der Waals surface area contributed by atoms with E-state index in [0.717, 1.165) is 29.3 Å². The van der Waals surface area contributed by atoms with E-state index in [1.165, 1.54) is 4.90 Å². The van der Waals surface area contributed by atoms with Crippen LogP contribution in [0.5, 0.6) is 5.88 Å². The van der Waals surface area contributed by atoms with Gasteiger partial charge >= 0.3 is 6.09 Å². The number of nitrogens with one attached hydrogen (secondary N) is 1. The average Bonchev–Trinajstić information content (AvgIpc) is 2.74. The normalized spacial score (nSPS) is 15.6. The molecule has 7 nitrogen and oxygen atoms in total. The Morgan fingerprint density at radius 2 is 1.93 bits per heavy atom. The summed E-state index contributed by atoms with van der Waals surface area (Å²) in [6.45, 7) is 1.04. The third kappa shape index (κ3) is 5.69. The summed E-state index contributed by atoms with van der Waals surface area (Å²) in [7, 11) is 1.56. The number of methoxy groups -OCH3 is 1. The molecule has 0 radical (unpaired) electrons. The van der Waals surface area contributed by atoms with Crippen molar-refractivity contribution in [1.82, 2.24) is 15.2 Å². The number of aromatic nitrogens is 1. The SMILES string of the molecule is COc1ccc([C@H](CC2CCN(C(=O)O)CC2)NC(=O)c2ccc(Br)cc2)cn1. The van der Waals surface area contributed by atoms with Gasteiger partial charge in [-0.25, -0.2) is 9.78 Å². The number of hydrogen-bond acceptors (Lipinski definition) is 4. The first kappa shape index (κ1) is 21.1. The Labute approximate surface area is 178 Å². The number of amides is 2. The number of piperidine rings is 1. The lowest BCUT2D eigenvalue weighted by atomic mass is 9.88. The first-order valence-corrected chi connectivity index (χ1v) is 10.3. The Kier molecular flexibility index (Phi) is 7.09. The zero-order chi connectivity index (χ0) is 20.8. The summed E-state index contributed by atoms with van der Waals surface area (Å²) in [5, 5.41) is 12.3. The zero-order valence-electron chi connectivity index (χ0n) is 16.2. The molecule has 1 fully saturated rings. The van der Waals surface area contributed by atoms with Crippen molar-refractivity contribution >= 4 is 27.9 Å². The highest BCUT2D eigenvalue weighted by Gasteiger charge is 2.26. The fourth-order valence-electron chi connectivity index (χ4n) is 3.53. The van der Waals surface area contributed by atoms with Crippen molar-refractivity contribution in [2.24, 2.45) is 5.92 Å². The number of halogens is 1. The van der Waals surface area contributed by atoms with Crippen molar-refractivity contribution in [3.8, 4) is 5.88 Å². The van der Waals surface area contributed by atoms with E-state index in [0.29, 0.717) is 30.5 Å². The molecule has 1 atom stereocenters. The van der Waals surface area contributed by atoms with Gasteiger partial charge < -0.3 is 20.1 Å². The fourth-order valence-corrected chi connectivity index (χ4v) is 3.80. The topological polar surface area (TPSA) is 91.8 Å². The van der Waals surface area contributed by atoms with Gasteiger partial charge in [0.25, 0.3) is 5.91 Å². The monoisotopic (exact) mass is 461 g/mol. The van der Waals surface area contributed by atoms with Crippen LogP contribution in [0.4, 0.5) is 4.79 Å². The molecule has 2 amide bonds. The third-order valence-corrected chi connectivity index (χ3v) is 5.77. The van der Waals surface area contributed by atoms with E-state index in [1.54, 1.807) is 31.5 Å². The summed E-state index contributed by atoms with van der Waals surface area (Å²) < 4.78 is 6.04. The molecule has 1 saturated heterocycles. The smallest absolute Gasteiger partial charge is 0.407 e. The Morgan fingerprint density at radius 1 is 1.24 bits per heavy atom. The van der Waals surface area contributed by atoms with Gasteiger partial charge in [-0.1, -0.05) is 22.0 Å². The lowest BCUT2D eigenvalue weighted by Crippen LogP contribution is -2.39. The van der Waals surface area contributed by atoms with Gasteiger partial charge in [-0.05, 0) is 55.0 Å². The molecule has 2 heterocycles. The Morgan fingerprint density at radius 3 is 2.48 bits per heavy atom. The van der Waals surface area contributed by atoms with Crippen LogP contribution >= 0.6 is 15.9 Å². The molecule has 0 unspecified atom stereocenters. The molecule has 0 aliphatic carbocycles. The van der Waals surface area contributed by atoms with Crippen LogP contribution in [0.3, 0.4) is 0 Å². The number of pyridine rings is 1. The maximum Gasteiger partial charge on any atom is 0.407 e. The minimum absolute atomic E-state index is 0.152. The van der Waals surface area contributed by atoms with Crippen molar-refractivity contribution in [2.45, 2.75) is 25.3 Å². The maximum atomic E-state index is 12.8. The van der Waals surface area contributed by atoms with Crippen molar-refractivity contribution in [2.75, 3.05) is 20.2 Å². The van der Waals surface area contributed by atoms with Crippen molar-refractivity contribution in [1.29, 1.82) is 0 Å². The van der Waals surface area contributed by atoms with E-state index in [-0.39, 0.29) is 11.9 Å². The molecule has 2 N–H and O–H groups in total. The van der Waals surface area contributed by atoms with Crippen molar-refractivity contribution in [3.63, 3.8) is 0 Å². The predicted octanol–water partition coefficient (Wildman–Crippen LogP) is 4.10. The van der Waals surface area contributed by atoms with Gasteiger partial charge in [-0.2, -0.15) is 0 Å². The first-order chi connectivity index (χ1) is 14.0. The molecule has 8 heteroatoms. The summed E-state index contributed by atoms with van der Waals surface area (Å²) in [5.74, 6) is 0.686. The summed E-state index contributed by atoms with van der Waals surface area (Å²) in [5.41, 5.74) is 1.48. The van der Waals surface area contributed by atoms with Crippen LogP contribution in [0.1, 0.15) is 41.2 Å². The van der Waals surface area contributed by atoms with E-state index < -0.39 is 6.09 Å².